The van der Waals surface area contributed by atoms with Gasteiger partial charge in [0.05, 0.1) is 5.84 Å². The van der Waals surface area contributed by atoms with E-state index in [1.54, 1.807) is 0 Å². The summed E-state index contributed by atoms with van der Waals surface area (Å²) in [6.07, 6.45) is 1.06. The molecule has 6 heteroatoms. The zero-order valence-corrected chi connectivity index (χ0v) is 10.2. The van der Waals surface area contributed by atoms with E-state index in [0.29, 0.717) is 23.5 Å². The number of nitrogens with one attached hydrogen (secondary N) is 1. The Labute approximate surface area is 103 Å². The second-order valence-corrected chi connectivity index (χ2v) is 4.70. The predicted molar refractivity (Wildman–Crippen MR) is 66.1 cm³/mol. The Morgan fingerprint density at radius 3 is 2.44 bits per heavy atom. The minimum absolute atomic E-state index is 0. The lowest BCUT2D eigenvalue weighted by Crippen LogP contribution is -2.13. The molecule has 0 radical (unpaired) electrons. The minimum Gasteiger partial charge on any atom is -0.611 e. The Morgan fingerprint density at radius 1 is 1.38 bits per heavy atom. The molecule has 0 saturated carbocycles. The second-order valence-electron chi connectivity index (χ2n) is 3.13. The molecule has 1 atom stereocenters. The van der Waals surface area contributed by atoms with Crippen LogP contribution in [-0.4, -0.2) is 16.1 Å². The topological polar surface area (TPSA) is 72.9 Å². The summed E-state index contributed by atoms with van der Waals surface area (Å²) in [7, 11) is 0. The molecule has 0 aliphatic rings. The molecule has 0 spiro atoms. The molecule has 3 N–H and O–H groups in total. The first-order chi connectivity index (χ1) is 7.09. The van der Waals surface area contributed by atoms with Crippen LogP contribution >= 0.6 is 12.4 Å². The van der Waals surface area contributed by atoms with Crippen LogP contribution in [-0.2, 0) is 11.2 Å². The van der Waals surface area contributed by atoms with Crippen LogP contribution in [0.2, 0.25) is 0 Å². The molecule has 1 unspecified atom stereocenters. The zero-order chi connectivity index (χ0) is 11.3. The Balaban J connectivity index is 0.00000225. The number of halogens is 2. The number of amidine groups is 1. The summed E-state index contributed by atoms with van der Waals surface area (Å²) in [6.45, 7) is 0. The molecule has 1 aromatic carbocycles. The van der Waals surface area contributed by atoms with Crippen LogP contribution in [0.1, 0.15) is 12.8 Å². The maximum atomic E-state index is 12.6. The maximum Gasteiger partial charge on any atom is 0.152 e. The van der Waals surface area contributed by atoms with Gasteiger partial charge in [0, 0.05) is 6.42 Å². The van der Waals surface area contributed by atoms with E-state index in [0.717, 1.165) is 0 Å². The molecule has 1 aromatic rings. The van der Waals surface area contributed by atoms with Crippen molar-refractivity contribution in [3.05, 3.63) is 30.1 Å². The first-order valence-corrected chi connectivity index (χ1v) is 5.88. The molecule has 0 aliphatic heterocycles. The molecule has 0 amide bonds. The highest BCUT2D eigenvalue weighted by Crippen LogP contribution is 2.13. The number of hydrogen-bond donors (Lipinski definition) is 2. The summed E-state index contributed by atoms with van der Waals surface area (Å²) >= 11 is -1.13. The van der Waals surface area contributed by atoms with Crippen LogP contribution < -0.4 is 5.73 Å². The Kier molecular flexibility index (Phi) is 7.12. The van der Waals surface area contributed by atoms with E-state index >= 15 is 0 Å². The van der Waals surface area contributed by atoms with Crippen LogP contribution in [0.25, 0.3) is 0 Å². The fraction of sp³-hybridized carbons (Fsp3) is 0.300. The maximum absolute atomic E-state index is 12.6. The van der Waals surface area contributed by atoms with Gasteiger partial charge >= 0.3 is 0 Å². The summed E-state index contributed by atoms with van der Waals surface area (Å²) in [5, 5.41) is 7.00. The first kappa shape index (κ1) is 15.2. The number of nitrogens with two attached hydrogens (primary N) is 1. The van der Waals surface area contributed by atoms with E-state index in [2.05, 4.69) is 0 Å². The Hall–Kier alpha value is -0.780. The van der Waals surface area contributed by atoms with Crippen LogP contribution in [0.5, 0.6) is 0 Å². The number of hydrogen-bond acceptors (Lipinski definition) is 2. The zero-order valence-electron chi connectivity index (χ0n) is 8.61. The summed E-state index contributed by atoms with van der Waals surface area (Å²) in [4.78, 5) is 0.611. The smallest absolute Gasteiger partial charge is 0.152 e. The normalized spacial score (nSPS) is 11.6. The third-order valence-electron chi connectivity index (χ3n) is 1.85. The van der Waals surface area contributed by atoms with Crippen molar-refractivity contribution in [1.82, 2.24) is 0 Å². The quantitative estimate of drug-likeness (QED) is 0.485. The molecule has 90 valence electrons. The van der Waals surface area contributed by atoms with Crippen molar-refractivity contribution in [3.63, 3.8) is 0 Å². The molecule has 3 nitrogen and oxygen atoms in total. The van der Waals surface area contributed by atoms with Crippen LogP contribution in [0, 0.1) is 11.2 Å². The van der Waals surface area contributed by atoms with E-state index in [-0.39, 0.29) is 24.1 Å². The lowest BCUT2D eigenvalue weighted by atomic mass is 10.3. The third kappa shape index (κ3) is 5.34. The largest absolute Gasteiger partial charge is 0.611 e. The van der Waals surface area contributed by atoms with Crippen molar-refractivity contribution in [3.8, 4) is 0 Å². The molecule has 1 rings (SSSR count). The van der Waals surface area contributed by atoms with Gasteiger partial charge in [-0.1, -0.05) is 0 Å². The van der Waals surface area contributed by atoms with E-state index in [1.807, 2.05) is 0 Å². The summed E-state index contributed by atoms with van der Waals surface area (Å²) < 4.78 is 24.2. The van der Waals surface area contributed by atoms with Crippen molar-refractivity contribution in [2.24, 2.45) is 5.73 Å². The van der Waals surface area contributed by atoms with Gasteiger partial charge in [0.25, 0.3) is 0 Å². The molecule has 0 aromatic heterocycles. The van der Waals surface area contributed by atoms with E-state index in [4.69, 9.17) is 11.1 Å². The van der Waals surface area contributed by atoms with Gasteiger partial charge < -0.3 is 10.3 Å². The van der Waals surface area contributed by atoms with Gasteiger partial charge in [0.15, 0.2) is 4.90 Å². The van der Waals surface area contributed by atoms with Crippen LogP contribution in [0.3, 0.4) is 0 Å². The van der Waals surface area contributed by atoms with Crippen LogP contribution in [0.4, 0.5) is 4.39 Å². The third-order valence-corrected chi connectivity index (χ3v) is 3.31. The number of rotatable bonds is 5. The van der Waals surface area contributed by atoms with Crippen molar-refractivity contribution < 1.29 is 8.94 Å². The molecule has 0 aliphatic carbocycles. The highest BCUT2D eigenvalue weighted by Gasteiger charge is 2.10. The van der Waals surface area contributed by atoms with Gasteiger partial charge in [0.1, 0.15) is 11.6 Å². The molecule has 0 fully saturated rings. The number of benzene rings is 1. The molecule has 0 bridgehead atoms. The lowest BCUT2D eigenvalue weighted by molar-refractivity contribution is 0.591. The van der Waals surface area contributed by atoms with Gasteiger partial charge in [-0.3, -0.25) is 5.41 Å². The molecule has 16 heavy (non-hydrogen) atoms. The van der Waals surface area contributed by atoms with E-state index in [1.165, 1.54) is 24.3 Å². The molecular weight excluding hydrogens is 251 g/mol. The van der Waals surface area contributed by atoms with Gasteiger partial charge in [-0.15, -0.1) is 12.4 Å². The van der Waals surface area contributed by atoms with E-state index < -0.39 is 11.2 Å². The molecule has 0 heterocycles. The minimum atomic E-state index is -1.13. The fourth-order valence-corrected chi connectivity index (χ4v) is 2.18. The lowest BCUT2D eigenvalue weighted by Gasteiger charge is -2.09. The van der Waals surface area contributed by atoms with Crippen molar-refractivity contribution in [2.45, 2.75) is 17.7 Å². The Bertz CT molecular complexity index is 334. The Morgan fingerprint density at radius 2 is 1.94 bits per heavy atom. The van der Waals surface area contributed by atoms with Gasteiger partial charge in [0.2, 0.25) is 0 Å². The fourth-order valence-electron chi connectivity index (χ4n) is 1.10. The highest BCUT2D eigenvalue weighted by molar-refractivity contribution is 7.91. The van der Waals surface area contributed by atoms with Crippen LogP contribution in [0.15, 0.2) is 29.2 Å². The average Bonchev–Trinajstić information content (AvgIpc) is 2.18. The van der Waals surface area contributed by atoms with Crippen molar-refractivity contribution >= 4 is 29.4 Å². The van der Waals surface area contributed by atoms with Crippen molar-refractivity contribution in [1.29, 1.82) is 5.41 Å². The van der Waals surface area contributed by atoms with Gasteiger partial charge in [-0.05, 0) is 41.9 Å². The predicted octanol–water partition coefficient (Wildman–Crippen LogP) is 2.07. The van der Waals surface area contributed by atoms with Gasteiger partial charge in [-0.2, -0.15) is 0 Å². The first-order valence-electron chi connectivity index (χ1n) is 4.56. The van der Waals surface area contributed by atoms with Gasteiger partial charge in [-0.25, -0.2) is 4.39 Å². The van der Waals surface area contributed by atoms with E-state index in [9.17, 15) is 8.94 Å². The van der Waals surface area contributed by atoms with Crippen molar-refractivity contribution in [2.75, 3.05) is 5.75 Å². The second kappa shape index (κ2) is 7.49. The standard InChI is InChI=1S/C10H13FN2OS.ClH/c11-8-3-5-9(6-4-8)15(14)7-1-2-10(12)13;/h3-6H,1-2,7H2,(H3,12,13);1H. The summed E-state index contributed by atoms with van der Waals surface area (Å²) in [6, 6.07) is 5.61. The molecule has 0 saturated heterocycles. The monoisotopic (exact) mass is 264 g/mol. The highest BCUT2D eigenvalue weighted by atomic mass is 35.5. The molecular formula is C10H14ClFN2OS. The SMILES string of the molecule is Cl.N=C(N)CCC[S+]([O-])c1ccc(F)cc1. The average molecular weight is 265 g/mol. The summed E-state index contributed by atoms with van der Waals surface area (Å²) in [5.41, 5.74) is 5.17. The summed E-state index contributed by atoms with van der Waals surface area (Å²) in [5.74, 6) is 0.219.